The number of hydrogen-bond donors (Lipinski definition) is 2. The van der Waals surface area contributed by atoms with Crippen molar-refractivity contribution in [3.05, 3.63) is 35.2 Å². The Bertz CT molecular complexity index is 461. The predicted molar refractivity (Wildman–Crippen MR) is 79.2 cm³/mol. The molecule has 0 aliphatic rings. The molecule has 2 atom stereocenters. The Kier molecular flexibility index (Phi) is 4.75. The third-order valence-electron chi connectivity index (χ3n) is 3.15. The summed E-state index contributed by atoms with van der Waals surface area (Å²) in [6, 6.07) is 11.0. The van der Waals surface area contributed by atoms with Crippen LogP contribution in [0.3, 0.4) is 0 Å². The second kappa shape index (κ2) is 6.32. The van der Waals surface area contributed by atoms with Gasteiger partial charge in [-0.2, -0.15) is 0 Å². The number of benzene rings is 1. The topological polar surface area (TPSA) is 32.3 Å². The molecule has 2 unspecified atom stereocenters. The SMILES string of the molecule is CCCC(O)CNC(C)c1cc2ccccc2s1. The first-order valence-corrected chi connectivity index (χ1v) is 7.42. The summed E-state index contributed by atoms with van der Waals surface area (Å²) in [5, 5.41) is 14.4. The van der Waals surface area contributed by atoms with Gasteiger partial charge in [0.05, 0.1) is 6.10 Å². The molecule has 18 heavy (non-hydrogen) atoms. The molecule has 0 amide bonds. The molecule has 3 heteroatoms. The first kappa shape index (κ1) is 13.5. The van der Waals surface area contributed by atoms with Crippen molar-refractivity contribution in [2.45, 2.75) is 38.8 Å². The number of rotatable bonds is 6. The van der Waals surface area contributed by atoms with Gasteiger partial charge in [-0.1, -0.05) is 31.5 Å². The van der Waals surface area contributed by atoms with Gasteiger partial charge in [-0.05, 0) is 30.9 Å². The van der Waals surface area contributed by atoms with Gasteiger partial charge >= 0.3 is 0 Å². The summed E-state index contributed by atoms with van der Waals surface area (Å²) < 4.78 is 1.33. The molecule has 1 aromatic carbocycles. The second-order valence-electron chi connectivity index (χ2n) is 4.76. The van der Waals surface area contributed by atoms with Crippen LogP contribution in [0, 0.1) is 0 Å². The summed E-state index contributed by atoms with van der Waals surface area (Å²) in [4.78, 5) is 1.33. The zero-order chi connectivity index (χ0) is 13.0. The van der Waals surface area contributed by atoms with Crippen LogP contribution in [0.15, 0.2) is 30.3 Å². The van der Waals surface area contributed by atoms with Crippen molar-refractivity contribution in [2.24, 2.45) is 0 Å². The maximum atomic E-state index is 9.73. The van der Waals surface area contributed by atoms with Gasteiger partial charge in [-0.15, -0.1) is 11.3 Å². The third-order valence-corrected chi connectivity index (χ3v) is 4.45. The van der Waals surface area contributed by atoms with E-state index in [4.69, 9.17) is 0 Å². The first-order valence-electron chi connectivity index (χ1n) is 6.60. The second-order valence-corrected chi connectivity index (χ2v) is 5.87. The summed E-state index contributed by atoms with van der Waals surface area (Å²) >= 11 is 1.83. The van der Waals surface area contributed by atoms with E-state index in [2.05, 4.69) is 49.5 Å². The minimum atomic E-state index is -0.230. The van der Waals surface area contributed by atoms with Gasteiger partial charge in [0.2, 0.25) is 0 Å². The van der Waals surface area contributed by atoms with E-state index >= 15 is 0 Å². The highest BCUT2D eigenvalue weighted by molar-refractivity contribution is 7.19. The van der Waals surface area contributed by atoms with Crippen LogP contribution in [0.5, 0.6) is 0 Å². The van der Waals surface area contributed by atoms with E-state index < -0.39 is 0 Å². The van der Waals surface area contributed by atoms with Gasteiger partial charge in [0.1, 0.15) is 0 Å². The molecule has 98 valence electrons. The number of hydrogen-bond acceptors (Lipinski definition) is 3. The van der Waals surface area contributed by atoms with Crippen molar-refractivity contribution in [3.63, 3.8) is 0 Å². The Morgan fingerprint density at radius 1 is 1.33 bits per heavy atom. The predicted octanol–water partition coefficient (Wildman–Crippen LogP) is 3.71. The van der Waals surface area contributed by atoms with Crippen LogP contribution in [-0.4, -0.2) is 17.8 Å². The fourth-order valence-electron chi connectivity index (χ4n) is 2.06. The lowest BCUT2D eigenvalue weighted by Gasteiger charge is -2.15. The molecule has 0 aliphatic carbocycles. The summed E-state index contributed by atoms with van der Waals surface area (Å²) in [7, 11) is 0. The highest BCUT2D eigenvalue weighted by Gasteiger charge is 2.10. The molecule has 2 nitrogen and oxygen atoms in total. The van der Waals surface area contributed by atoms with Crippen molar-refractivity contribution < 1.29 is 5.11 Å². The van der Waals surface area contributed by atoms with Gasteiger partial charge in [0, 0.05) is 22.2 Å². The average Bonchev–Trinajstić information content (AvgIpc) is 2.80. The van der Waals surface area contributed by atoms with Crippen molar-refractivity contribution in [1.29, 1.82) is 0 Å². The zero-order valence-corrected chi connectivity index (χ0v) is 11.8. The molecule has 1 heterocycles. The van der Waals surface area contributed by atoms with Crippen LogP contribution >= 0.6 is 11.3 Å². The molecule has 0 fully saturated rings. The normalized spacial score (nSPS) is 14.8. The molecule has 0 saturated carbocycles. The Hall–Kier alpha value is -0.900. The quantitative estimate of drug-likeness (QED) is 0.832. The lowest BCUT2D eigenvalue weighted by atomic mass is 10.2. The van der Waals surface area contributed by atoms with E-state index in [1.54, 1.807) is 0 Å². The van der Waals surface area contributed by atoms with Gasteiger partial charge in [-0.3, -0.25) is 0 Å². The number of nitrogens with one attached hydrogen (secondary N) is 1. The van der Waals surface area contributed by atoms with Crippen molar-refractivity contribution in [3.8, 4) is 0 Å². The molecule has 0 saturated heterocycles. The molecular weight excluding hydrogens is 242 g/mol. The van der Waals surface area contributed by atoms with E-state index in [0.717, 1.165) is 12.8 Å². The summed E-state index contributed by atoms with van der Waals surface area (Å²) in [5.41, 5.74) is 0. The molecule has 1 aromatic heterocycles. The van der Waals surface area contributed by atoms with E-state index in [1.165, 1.54) is 15.0 Å². The van der Waals surface area contributed by atoms with Gasteiger partial charge in [-0.25, -0.2) is 0 Å². The molecule has 0 bridgehead atoms. The van der Waals surface area contributed by atoms with E-state index in [1.807, 2.05) is 11.3 Å². The number of aliphatic hydroxyl groups is 1. The fraction of sp³-hybridized carbons (Fsp3) is 0.467. The zero-order valence-electron chi connectivity index (χ0n) is 11.0. The monoisotopic (exact) mass is 263 g/mol. The molecule has 2 rings (SSSR count). The van der Waals surface area contributed by atoms with Gasteiger partial charge < -0.3 is 10.4 Å². The van der Waals surface area contributed by atoms with E-state index in [9.17, 15) is 5.11 Å². The van der Waals surface area contributed by atoms with Crippen LogP contribution < -0.4 is 5.32 Å². The molecule has 2 aromatic rings. The van der Waals surface area contributed by atoms with Crippen molar-refractivity contribution in [2.75, 3.05) is 6.54 Å². The molecular formula is C15H21NOS. The summed E-state index contributed by atoms with van der Waals surface area (Å²) in [5.74, 6) is 0. The van der Waals surface area contributed by atoms with E-state index in [-0.39, 0.29) is 6.10 Å². The Morgan fingerprint density at radius 2 is 2.11 bits per heavy atom. The highest BCUT2D eigenvalue weighted by Crippen LogP contribution is 2.29. The van der Waals surface area contributed by atoms with Crippen LogP contribution in [0.2, 0.25) is 0 Å². The minimum Gasteiger partial charge on any atom is -0.392 e. The highest BCUT2D eigenvalue weighted by atomic mass is 32.1. The first-order chi connectivity index (χ1) is 8.70. The molecule has 0 radical (unpaired) electrons. The Labute approximate surface area is 113 Å². The maximum absolute atomic E-state index is 9.73. The van der Waals surface area contributed by atoms with Crippen LogP contribution in [-0.2, 0) is 0 Å². The fourth-order valence-corrected chi connectivity index (χ4v) is 3.16. The lowest BCUT2D eigenvalue weighted by molar-refractivity contribution is 0.157. The standard InChI is InChI=1S/C15H21NOS/c1-3-6-13(17)10-16-11(2)15-9-12-7-4-5-8-14(12)18-15/h4-5,7-9,11,13,16-17H,3,6,10H2,1-2H3. The summed E-state index contributed by atoms with van der Waals surface area (Å²) in [6.45, 7) is 4.92. The average molecular weight is 263 g/mol. The van der Waals surface area contributed by atoms with E-state index in [0.29, 0.717) is 12.6 Å². The number of thiophene rings is 1. The van der Waals surface area contributed by atoms with Crippen LogP contribution in [0.25, 0.3) is 10.1 Å². The number of fused-ring (bicyclic) bond motifs is 1. The molecule has 2 N–H and O–H groups in total. The third kappa shape index (κ3) is 3.31. The molecule has 0 aliphatic heterocycles. The Balaban J connectivity index is 1.98. The van der Waals surface area contributed by atoms with Crippen LogP contribution in [0.4, 0.5) is 0 Å². The van der Waals surface area contributed by atoms with Crippen molar-refractivity contribution >= 4 is 21.4 Å². The number of aliphatic hydroxyl groups excluding tert-OH is 1. The maximum Gasteiger partial charge on any atom is 0.0664 e. The van der Waals surface area contributed by atoms with Crippen LogP contribution in [0.1, 0.15) is 37.6 Å². The molecule has 0 spiro atoms. The summed E-state index contributed by atoms with van der Waals surface area (Å²) in [6.07, 6.45) is 1.67. The smallest absolute Gasteiger partial charge is 0.0664 e. The minimum absolute atomic E-state index is 0.230. The largest absolute Gasteiger partial charge is 0.392 e. The Morgan fingerprint density at radius 3 is 2.83 bits per heavy atom. The van der Waals surface area contributed by atoms with Crippen molar-refractivity contribution in [1.82, 2.24) is 5.32 Å². The lowest BCUT2D eigenvalue weighted by Crippen LogP contribution is -2.28. The van der Waals surface area contributed by atoms with Gasteiger partial charge in [0.25, 0.3) is 0 Å². The van der Waals surface area contributed by atoms with Gasteiger partial charge in [0.15, 0.2) is 0 Å².